The maximum absolute atomic E-state index is 4.27. The summed E-state index contributed by atoms with van der Waals surface area (Å²) in [6, 6.07) is 0. The molecule has 0 saturated carbocycles. The van der Waals surface area contributed by atoms with Crippen LogP contribution >= 0.6 is 0 Å². The quantitative estimate of drug-likeness (QED) is 0.820. The number of nitrogens with one attached hydrogen (secondary N) is 1. The molecule has 4 heteroatoms. The molecule has 1 N–H and O–H groups in total. The molecule has 2 rings (SSSR count). The molecule has 0 amide bonds. The number of rotatable bonds is 2. The Morgan fingerprint density at radius 3 is 2.44 bits per heavy atom. The fourth-order valence-electron chi connectivity index (χ4n) is 2.17. The average Bonchev–Trinajstić information content (AvgIpc) is 2.70. The van der Waals surface area contributed by atoms with Crippen molar-refractivity contribution < 1.29 is 0 Å². The van der Waals surface area contributed by atoms with Gasteiger partial charge in [0.05, 0.1) is 6.54 Å². The minimum absolute atomic E-state index is 0.302. The number of hydrogen-bond donors (Lipinski definition) is 1. The first kappa shape index (κ1) is 11.6. The number of aromatic amines is 1. The summed E-state index contributed by atoms with van der Waals surface area (Å²) in [6.07, 6.45) is 3.71. The molecule has 90 valence electrons. The highest BCUT2D eigenvalue weighted by atomic mass is 15.3. The summed E-state index contributed by atoms with van der Waals surface area (Å²) < 4.78 is 0. The Kier molecular flexibility index (Phi) is 3.30. The van der Waals surface area contributed by atoms with E-state index in [2.05, 4.69) is 40.5 Å². The molecule has 1 aromatic rings. The minimum atomic E-state index is 0.302. The Bertz CT molecular complexity index is 304. The molecule has 0 unspecified atom stereocenters. The van der Waals surface area contributed by atoms with Crippen LogP contribution in [0.4, 0.5) is 0 Å². The van der Waals surface area contributed by atoms with Crippen LogP contribution in [0.15, 0.2) is 12.4 Å². The lowest BCUT2D eigenvalue weighted by Crippen LogP contribution is -2.53. The van der Waals surface area contributed by atoms with Gasteiger partial charge in [0.25, 0.3) is 0 Å². The molecule has 0 radical (unpaired) electrons. The molecule has 0 atom stereocenters. The summed E-state index contributed by atoms with van der Waals surface area (Å²) >= 11 is 0. The van der Waals surface area contributed by atoms with Gasteiger partial charge in [-0.2, -0.15) is 0 Å². The summed E-state index contributed by atoms with van der Waals surface area (Å²) in [5, 5.41) is 0. The van der Waals surface area contributed by atoms with E-state index in [1.165, 1.54) is 0 Å². The number of imidazole rings is 1. The first-order valence-corrected chi connectivity index (χ1v) is 6.01. The van der Waals surface area contributed by atoms with E-state index in [4.69, 9.17) is 0 Å². The lowest BCUT2D eigenvalue weighted by Gasteiger charge is -2.42. The van der Waals surface area contributed by atoms with Gasteiger partial charge in [-0.1, -0.05) is 0 Å². The van der Waals surface area contributed by atoms with Crippen LogP contribution in [0.1, 0.15) is 26.6 Å². The number of hydrogen-bond acceptors (Lipinski definition) is 3. The van der Waals surface area contributed by atoms with E-state index in [0.29, 0.717) is 5.54 Å². The molecule has 1 fully saturated rings. The van der Waals surface area contributed by atoms with E-state index >= 15 is 0 Å². The predicted molar refractivity (Wildman–Crippen MR) is 65.2 cm³/mol. The molecule has 16 heavy (non-hydrogen) atoms. The molecular formula is C12H22N4. The highest BCUT2D eigenvalue weighted by Crippen LogP contribution is 2.16. The van der Waals surface area contributed by atoms with Gasteiger partial charge in [-0.25, -0.2) is 4.98 Å². The Morgan fingerprint density at radius 1 is 1.25 bits per heavy atom. The summed E-state index contributed by atoms with van der Waals surface area (Å²) in [5.74, 6) is 1.07. The van der Waals surface area contributed by atoms with Gasteiger partial charge in [-0.3, -0.25) is 9.80 Å². The fraction of sp³-hybridized carbons (Fsp3) is 0.750. The minimum Gasteiger partial charge on any atom is -0.348 e. The smallest absolute Gasteiger partial charge is 0.120 e. The van der Waals surface area contributed by atoms with Crippen LogP contribution in [-0.2, 0) is 6.54 Å². The normalized spacial score (nSPS) is 20.2. The zero-order valence-corrected chi connectivity index (χ0v) is 10.5. The van der Waals surface area contributed by atoms with Gasteiger partial charge in [0.2, 0.25) is 0 Å². The zero-order valence-electron chi connectivity index (χ0n) is 10.5. The van der Waals surface area contributed by atoms with Gasteiger partial charge in [0.15, 0.2) is 0 Å². The molecule has 2 heterocycles. The van der Waals surface area contributed by atoms with Gasteiger partial charge in [0, 0.05) is 44.1 Å². The van der Waals surface area contributed by atoms with Crippen molar-refractivity contribution in [1.29, 1.82) is 0 Å². The van der Waals surface area contributed by atoms with Crippen molar-refractivity contribution in [3.63, 3.8) is 0 Å². The maximum atomic E-state index is 4.27. The molecule has 0 bridgehead atoms. The number of piperazine rings is 1. The van der Waals surface area contributed by atoms with Crippen molar-refractivity contribution >= 4 is 0 Å². The molecule has 0 aliphatic carbocycles. The fourth-order valence-corrected chi connectivity index (χ4v) is 2.17. The highest BCUT2D eigenvalue weighted by molar-refractivity contribution is 4.89. The average molecular weight is 222 g/mol. The molecule has 1 aliphatic rings. The van der Waals surface area contributed by atoms with Crippen LogP contribution in [0.3, 0.4) is 0 Å². The lowest BCUT2D eigenvalue weighted by molar-refractivity contribution is 0.0581. The second-order valence-corrected chi connectivity index (χ2v) is 5.47. The van der Waals surface area contributed by atoms with Crippen molar-refractivity contribution in [3.05, 3.63) is 18.2 Å². The Morgan fingerprint density at radius 2 is 1.94 bits per heavy atom. The molecule has 0 aromatic carbocycles. The Balaban J connectivity index is 1.82. The second kappa shape index (κ2) is 4.55. The molecular weight excluding hydrogens is 200 g/mol. The first-order chi connectivity index (χ1) is 7.55. The third-order valence-electron chi connectivity index (χ3n) is 3.25. The van der Waals surface area contributed by atoms with Gasteiger partial charge in [0.1, 0.15) is 5.82 Å². The summed E-state index contributed by atoms with van der Waals surface area (Å²) in [7, 11) is 0. The van der Waals surface area contributed by atoms with Crippen LogP contribution in [0.5, 0.6) is 0 Å². The van der Waals surface area contributed by atoms with Crippen LogP contribution in [-0.4, -0.2) is 51.5 Å². The van der Waals surface area contributed by atoms with Crippen LogP contribution in [0.25, 0.3) is 0 Å². The highest BCUT2D eigenvalue weighted by Gasteiger charge is 2.25. The summed E-state index contributed by atoms with van der Waals surface area (Å²) in [4.78, 5) is 12.4. The number of aromatic nitrogens is 2. The molecule has 0 spiro atoms. The van der Waals surface area contributed by atoms with Gasteiger partial charge < -0.3 is 4.98 Å². The van der Waals surface area contributed by atoms with Crippen molar-refractivity contribution in [2.24, 2.45) is 0 Å². The van der Waals surface area contributed by atoms with E-state index in [1.807, 2.05) is 12.4 Å². The molecule has 4 nitrogen and oxygen atoms in total. The second-order valence-electron chi connectivity index (χ2n) is 5.47. The third-order valence-corrected chi connectivity index (χ3v) is 3.25. The van der Waals surface area contributed by atoms with Crippen LogP contribution in [0.2, 0.25) is 0 Å². The van der Waals surface area contributed by atoms with Gasteiger partial charge in [-0.05, 0) is 20.8 Å². The molecule has 1 aliphatic heterocycles. The number of H-pyrrole nitrogens is 1. The topological polar surface area (TPSA) is 35.2 Å². The van der Waals surface area contributed by atoms with Crippen LogP contribution in [0, 0.1) is 0 Å². The molecule has 1 saturated heterocycles. The Labute approximate surface area is 97.7 Å². The standard InChI is InChI=1S/C12H22N4/c1-12(2,3)16-8-6-15(7-9-16)10-11-13-4-5-14-11/h4-5H,6-10H2,1-3H3,(H,13,14). The van der Waals surface area contributed by atoms with Gasteiger partial charge in [-0.15, -0.1) is 0 Å². The van der Waals surface area contributed by atoms with E-state index in [0.717, 1.165) is 38.5 Å². The zero-order chi connectivity index (χ0) is 11.6. The SMILES string of the molecule is CC(C)(C)N1CCN(Cc2ncc[nH]2)CC1. The van der Waals surface area contributed by atoms with E-state index in [1.54, 1.807) is 0 Å². The summed E-state index contributed by atoms with van der Waals surface area (Å²) in [6.45, 7) is 12.4. The van der Waals surface area contributed by atoms with Crippen molar-refractivity contribution in [3.8, 4) is 0 Å². The third kappa shape index (κ3) is 2.83. The van der Waals surface area contributed by atoms with Gasteiger partial charge >= 0.3 is 0 Å². The predicted octanol–water partition coefficient (Wildman–Crippen LogP) is 1.33. The monoisotopic (exact) mass is 222 g/mol. The van der Waals surface area contributed by atoms with Crippen molar-refractivity contribution in [2.75, 3.05) is 26.2 Å². The van der Waals surface area contributed by atoms with E-state index in [9.17, 15) is 0 Å². The first-order valence-electron chi connectivity index (χ1n) is 6.01. The summed E-state index contributed by atoms with van der Waals surface area (Å²) in [5.41, 5.74) is 0.302. The molecule has 1 aromatic heterocycles. The number of nitrogens with zero attached hydrogens (tertiary/aromatic N) is 3. The lowest BCUT2D eigenvalue weighted by atomic mass is 10.1. The largest absolute Gasteiger partial charge is 0.348 e. The van der Waals surface area contributed by atoms with E-state index < -0.39 is 0 Å². The Hall–Kier alpha value is -0.870. The van der Waals surface area contributed by atoms with Crippen molar-refractivity contribution in [1.82, 2.24) is 19.8 Å². The van der Waals surface area contributed by atoms with E-state index in [-0.39, 0.29) is 0 Å². The van der Waals surface area contributed by atoms with Crippen molar-refractivity contribution in [2.45, 2.75) is 32.9 Å². The van der Waals surface area contributed by atoms with Crippen LogP contribution < -0.4 is 0 Å². The maximum Gasteiger partial charge on any atom is 0.120 e.